The summed E-state index contributed by atoms with van der Waals surface area (Å²) in [4.78, 5) is 0. The third-order valence-corrected chi connectivity index (χ3v) is 4.50. The summed E-state index contributed by atoms with van der Waals surface area (Å²) >= 11 is 3.66. The Morgan fingerprint density at radius 3 is 2.88 bits per heavy atom. The maximum Gasteiger partial charge on any atom is 0.124 e. The van der Waals surface area contributed by atoms with Crippen molar-refractivity contribution < 1.29 is 4.74 Å². The molecule has 0 amide bonds. The van der Waals surface area contributed by atoms with Crippen LogP contribution in [0.4, 0.5) is 0 Å². The van der Waals surface area contributed by atoms with Gasteiger partial charge in [0.15, 0.2) is 0 Å². The predicted octanol–water partition coefficient (Wildman–Crippen LogP) is 3.50. The highest BCUT2D eigenvalue weighted by atomic mass is 79.9. The molecule has 0 bridgehead atoms. The van der Waals surface area contributed by atoms with Crippen LogP contribution in [0.5, 0.6) is 5.75 Å². The molecule has 1 aromatic rings. The SMILES string of the molecule is CNC1CCCOc2cc(C)c(Br)c(C)c21. The van der Waals surface area contributed by atoms with Crippen molar-refractivity contribution in [3.63, 3.8) is 0 Å². The van der Waals surface area contributed by atoms with Gasteiger partial charge < -0.3 is 10.1 Å². The molecular formula is C13H18BrNO. The van der Waals surface area contributed by atoms with Gasteiger partial charge >= 0.3 is 0 Å². The van der Waals surface area contributed by atoms with E-state index in [0.29, 0.717) is 6.04 Å². The molecule has 2 rings (SSSR count). The van der Waals surface area contributed by atoms with E-state index >= 15 is 0 Å². The fraction of sp³-hybridized carbons (Fsp3) is 0.538. The van der Waals surface area contributed by atoms with Crippen LogP contribution in [0.15, 0.2) is 10.5 Å². The molecule has 1 N–H and O–H groups in total. The molecule has 0 fully saturated rings. The van der Waals surface area contributed by atoms with Gasteiger partial charge in [-0.1, -0.05) is 15.9 Å². The number of rotatable bonds is 1. The minimum Gasteiger partial charge on any atom is -0.493 e. The van der Waals surface area contributed by atoms with Crippen LogP contribution in [0.1, 0.15) is 35.6 Å². The maximum absolute atomic E-state index is 5.84. The molecule has 1 aliphatic heterocycles. The lowest BCUT2D eigenvalue weighted by Crippen LogP contribution is -2.17. The van der Waals surface area contributed by atoms with Crippen LogP contribution in [-0.4, -0.2) is 13.7 Å². The Hall–Kier alpha value is -0.540. The van der Waals surface area contributed by atoms with Crippen LogP contribution < -0.4 is 10.1 Å². The zero-order chi connectivity index (χ0) is 11.7. The number of hydrogen-bond acceptors (Lipinski definition) is 2. The second kappa shape index (κ2) is 4.76. The molecular weight excluding hydrogens is 266 g/mol. The van der Waals surface area contributed by atoms with E-state index in [0.717, 1.165) is 25.2 Å². The molecule has 1 atom stereocenters. The van der Waals surface area contributed by atoms with Gasteiger partial charge in [0.2, 0.25) is 0 Å². The standard InChI is InChI=1S/C13H18BrNO/c1-8-7-11-12(9(2)13(8)14)10(15-3)5-4-6-16-11/h7,10,15H,4-6H2,1-3H3. The summed E-state index contributed by atoms with van der Waals surface area (Å²) in [5.74, 6) is 1.05. The first-order valence-corrected chi connectivity index (χ1v) is 6.54. The van der Waals surface area contributed by atoms with E-state index < -0.39 is 0 Å². The number of halogens is 1. The van der Waals surface area contributed by atoms with Gasteiger partial charge in [-0.05, 0) is 50.9 Å². The van der Waals surface area contributed by atoms with E-state index in [9.17, 15) is 0 Å². The van der Waals surface area contributed by atoms with Gasteiger partial charge in [0.1, 0.15) is 5.75 Å². The minimum atomic E-state index is 0.411. The molecule has 0 aliphatic carbocycles. The van der Waals surface area contributed by atoms with E-state index in [2.05, 4.69) is 41.2 Å². The highest BCUT2D eigenvalue weighted by Gasteiger charge is 2.22. The highest BCUT2D eigenvalue weighted by molar-refractivity contribution is 9.10. The normalized spacial score (nSPS) is 19.9. The quantitative estimate of drug-likeness (QED) is 0.852. The number of fused-ring (bicyclic) bond motifs is 1. The van der Waals surface area contributed by atoms with E-state index in [1.165, 1.54) is 21.2 Å². The fourth-order valence-electron chi connectivity index (χ4n) is 2.39. The number of nitrogens with one attached hydrogen (secondary N) is 1. The van der Waals surface area contributed by atoms with Crippen LogP contribution in [0.25, 0.3) is 0 Å². The molecule has 0 spiro atoms. The van der Waals surface area contributed by atoms with E-state index in [1.54, 1.807) is 0 Å². The van der Waals surface area contributed by atoms with Crippen LogP contribution >= 0.6 is 15.9 Å². The molecule has 1 heterocycles. The lowest BCUT2D eigenvalue weighted by atomic mass is 9.96. The summed E-state index contributed by atoms with van der Waals surface area (Å²) in [6.45, 7) is 5.10. The Morgan fingerprint density at radius 2 is 2.19 bits per heavy atom. The molecule has 3 heteroatoms. The lowest BCUT2D eigenvalue weighted by Gasteiger charge is -2.20. The molecule has 0 radical (unpaired) electrons. The summed E-state index contributed by atoms with van der Waals surface area (Å²) in [5.41, 5.74) is 3.86. The minimum absolute atomic E-state index is 0.411. The van der Waals surface area contributed by atoms with Gasteiger partial charge in [0.25, 0.3) is 0 Å². The van der Waals surface area contributed by atoms with Crippen molar-refractivity contribution in [1.29, 1.82) is 0 Å². The smallest absolute Gasteiger partial charge is 0.124 e. The van der Waals surface area contributed by atoms with Crippen LogP contribution in [0.3, 0.4) is 0 Å². The Balaban J connectivity index is 2.58. The van der Waals surface area contributed by atoms with Gasteiger partial charge in [0.05, 0.1) is 6.61 Å². The van der Waals surface area contributed by atoms with Crippen molar-refractivity contribution >= 4 is 15.9 Å². The monoisotopic (exact) mass is 283 g/mol. The largest absolute Gasteiger partial charge is 0.493 e. The summed E-state index contributed by atoms with van der Waals surface area (Å²) in [6, 6.07) is 2.55. The van der Waals surface area contributed by atoms with Gasteiger partial charge in [-0.15, -0.1) is 0 Å². The maximum atomic E-state index is 5.84. The van der Waals surface area contributed by atoms with Crippen molar-refractivity contribution in [3.8, 4) is 5.75 Å². The van der Waals surface area contributed by atoms with Crippen LogP contribution in [0, 0.1) is 13.8 Å². The first kappa shape index (κ1) is 11.9. The van der Waals surface area contributed by atoms with Gasteiger partial charge in [0, 0.05) is 16.1 Å². The zero-order valence-corrected chi connectivity index (χ0v) is 11.6. The molecule has 0 saturated carbocycles. The third kappa shape index (κ3) is 1.98. The zero-order valence-electron chi connectivity index (χ0n) is 10.1. The second-order valence-electron chi connectivity index (χ2n) is 4.38. The average Bonchev–Trinajstić information content (AvgIpc) is 2.48. The van der Waals surface area contributed by atoms with E-state index in [4.69, 9.17) is 4.74 Å². The molecule has 0 aromatic heterocycles. The van der Waals surface area contributed by atoms with Crippen LogP contribution in [0.2, 0.25) is 0 Å². The number of benzene rings is 1. The van der Waals surface area contributed by atoms with Gasteiger partial charge in [-0.25, -0.2) is 0 Å². The van der Waals surface area contributed by atoms with Crippen LogP contribution in [-0.2, 0) is 0 Å². The molecule has 1 aliphatic rings. The molecule has 1 aromatic carbocycles. The number of aryl methyl sites for hydroxylation is 1. The van der Waals surface area contributed by atoms with Crippen molar-refractivity contribution in [2.24, 2.45) is 0 Å². The van der Waals surface area contributed by atoms with Crippen molar-refractivity contribution in [2.45, 2.75) is 32.7 Å². The summed E-state index contributed by atoms with van der Waals surface area (Å²) < 4.78 is 7.04. The summed E-state index contributed by atoms with van der Waals surface area (Å²) in [7, 11) is 2.02. The van der Waals surface area contributed by atoms with E-state index in [-0.39, 0.29) is 0 Å². The topological polar surface area (TPSA) is 21.3 Å². The van der Waals surface area contributed by atoms with Crippen molar-refractivity contribution in [3.05, 3.63) is 27.2 Å². The Kier molecular flexibility index (Phi) is 3.55. The Morgan fingerprint density at radius 1 is 1.44 bits per heavy atom. The molecule has 0 saturated heterocycles. The number of hydrogen-bond donors (Lipinski definition) is 1. The van der Waals surface area contributed by atoms with Crippen molar-refractivity contribution in [2.75, 3.05) is 13.7 Å². The summed E-state index contributed by atoms with van der Waals surface area (Å²) in [6.07, 6.45) is 2.25. The Labute approximate surface area is 106 Å². The highest BCUT2D eigenvalue weighted by Crippen LogP contribution is 2.38. The first-order valence-electron chi connectivity index (χ1n) is 5.74. The Bertz CT molecular complexity index is 403. The predicted molar refractivity (Wildman–Crippen MR) is 70.1 cm³/mol. The van der Waals surface area contributed by atoms with Gasteiger partial charge in [-0.2, -0.15) is 0 Å². The molecule has 16 heavy (non-hydrogen) atoms. The summed E-state index contributed by atoms with van der Waals surface area (Å²) in [5, 5.41) is 3.39. The fourth-order valence-corrected chi connectivity index (χ4v) is 2.72. The first-order chi connectivity index (χ1) is 7.65. The molecule has 2 nitrogen and oxygen atoms in total. The molecule has 1 unspecified atom stereocenters. The van der Waals surface area contributed by atoms with E-state index in [1.807, 2.05) is 7.05 Å². The molecule has 88 valence electrons. The second-order valence-corrected chi connectivity index (χ2v) is 5.17. The van der Waals surface area contributed by atoms with Crippen molar-refractivity contribution in [1.82, 2.24) is 5.32 Å². The van der Waals surface area contributed by atoms with Gasteiger partial charge in [-0.3, -0.25) is 0 Å². The number of ether oxygens (including phenoxy) is 1. The average molecular weight is 284 g/mol. The third-order valence-electron chi connectivity index (χ3n) is 3.28. The lowest BCUT2D eigenvalue weighted by molar-refractivity contribution is 0.315.